The van der Waals surface area contributed by atoms with E-state index in [4.69, 9.17) is 0 Å². The van der Waals surface area contributed by atoms with Crippen LogP contribution >= 0.6 is 11.8 Å². The Kier molecular flexibility index (Phi) is 6.65. The van der Waals surface area contributed by atoms with Crippen LogP contribution in [0.3, 0.4) is 0 Å². The minimum Gasteiger partial charge on any atom is -0.313 e. The molecule has 2 atom stereocenters. The number of hydrogen-bond acceptors (Lipinski definition) is 3. The Balaban J connectivity index is 1.93. The van der Waals surface area contributed by atoms with Crippen molar-refractivity contribution in [3.05, 3.63) is 0 Å². The second kappa shape index (κ2) is 7.55. The maximum Gasteiger partial charge on any atom is 0.0193 e. The summed E-state index contributed by atoms with van der Waals surface area (Å²) in [5, 5.41) is 7.12. The van der Waals surface area contributed by atoms with Crippen molar-refractivity contribution in [2.75, 3.05) is 24.6 Å². The van der Waals surface area contributed by atoms with Crippen LogP contribution in [-0.4, -0.2) is 36.7 Å². The van der Waals surface area contributed by atoms with Crippen LogP contribution in [0.15, 0.2) is 0 Å². The van der Waals surface area contributed by atoms with Crippen molar-refractivity contribution >= 4 is 11.8 Å². The van der Waals surface area contributed by atoms with Crippen LogP contribution in [-0.2, 0) is 0 Å². The first-order chi connectivity index (χ1) is 6.83. The molecule has 1 fully saturated rings. The average Bonchev–Trinajstić information content (AvgIpc) is 2.68. The summed E-state index contributed by atoms with van der Waals surface area (Å²) >= 11 is 2.04. The van der Waals surface area contributed by atoms with Crippen LogP contribution in [0.5, 0.6) is 0 Å². The topological polar surface area (TPSA) is 24.1 Å². The zero-order valence-electron chi connectivity index (χ0n) is 9.51. The van der Waals surface area contributed by atoms with Crippen molar-refractivity contribution in [1.29, 1.82) is 0 Å². The first-order valence-electron chi connectivity index (χ1n) is 5.87. The van der Waals surface area contributed by atoms with Crippen molar-refractivity contribution in [3.63, 3.8) is 0 Å². The lowest BCUT2D eigenvalue weighted by atomic mass is 10.2. The van der Waals surface area contributed by atoms with Gasteiger partial charge in [-0.2, -0.15) is 11.8 Å². The van der Waals surface area contributed by atoms with Gasteiger partial charge in [0, 0.05) is 18.6 Å². The summed E-state index contributed by atoms with van der Waals surface area (Å²) in [7, 11) is 0. The molecule has 0 spiro atoms. The molecule has 2 N–H and O–H groups in total. The van der Waals surface area contributed by atoms with Gasteiger partial charge in [-0.15, -0.1) is 0 Å². The Bertz CT molecular complexity index is 135. The van der Waals surface area contributed by atoms with E-state index in [9.17, 15) is 0 Å². The van der Waals surface area contributed by atoms with Gasteiger partial charge in [0.1, 0.15) is 0 Å². The molecule has 1 saturated heterocycles. The molecule has 14 heavy (non-hydrogen) atoms. The molecule has 1 heterocycles. The van der Waals surface area contributed by atoms with Crippen LogP contribution in [0, 0.1) is 0 Å². The second-order valence-electron chi connectivity index (χ2n) is 4.09. The van der Waals surface area contributed by atoms with Gasteiger partial charge in [-0.25, -0.2) is 0 Å². The fourth-order valence-electron chi connectivity index (χ4n) is 1.78. The van der Waals surface area contributed by atoms with Gasteiger partial charge in [-0.3, -0.25) is 0 Å². The molecule has 84 valence electrons. The fourth-order valence-corrected chi connectivity index (χ4v) is 2.59. The van der Waals surface area contributed by atoms with Crippen LogP contribution in [0.2, 0.25) is 0 Å². The number of nitrogens with one attached hydrogen (secondary N) is 2. The van der Waals surface area contributed by atoms with E-state index in [0.29, 0.717) is 6.04 Å². The third-order valence-corrected chi connectivity index (χ3v) is 3.71. The molecule has 1 aliphatic heterocycles. The van der Waals surface area contributed by atoms with Gasteiger partial charge in [0.2, 0.25) is 0 Å². The quantitative estimate of drug-likeness (QED) is 0.635. The standard InChI is InChI=1S/C11H24N2S/c1-3-14-8-6-10(2)13-9-11-5-4-7-12-11/h10-13H,3-9H2,1-2H3. The van der Waals surface area contributed by atoms with E-state index < -0.39 is 0 Å². The normalized spacial score (nSPS) is 24.0. The van der Waals surface area contributed by atoms with Gasteiger partial charge in [0.05, 0.1) is 0 Å². The largest absolute Gasteiger partial charge is 0.313 e. The first-order valence-corrected chi connectivity index (χ1v) is 7.03. The van der Waals surface area contributed by atoms with Gasteiger partial charge in [0.15, 0.2) is 0 Å². The molecule has 0 saturated carbocycles. The summed E-state index contributed by atoms with van der Waals surface area (Å²) in [4.78, 5) is 0. The first kappa shape index (κ1) is 12.3. The Hall–Kier alpha value is 0.270. The molecule has 2 unspecified atom stereocenters. The monoisotopic (exact) mass is 216 g/mol. The van der Waals surface area contributed by atoms with Gasteiger partial charge >= 0.3 is 0 Å². The molecule has 2 nitrogen and oxygen atoms in total. The molecule has 0 bridgehead atoms. The summed E-state index contributed by atoms with van der Waals surface area (Å²) in [6.07, 6.45) is 4.00. The van der Waals surface area contributed by atoms with E-state index in [1.165, 1.54) is 37.3 Å². The van der Waals surface area contributed by atoms with Crippen molar-refractivity contribution in [2.45, 2.75) is 45.2 Å². The Morgan fingerprint density at radius 2 is 2.43 bits per heavy atom. The van der Waals surface area contributed by atoms with E-state index in [-0.39, 0.29) is 0 Å². The van der Waals surface area contributed by atoms with Crippen LogP contribution in [0.25, 0.3) is 0 Å². The number of hydrogen-bond donors (Lipinski definition) is 2. The third-order valence-electron chi connectivity index (χ3n) is 2.77. The van der Waals surface area contributed by atoms with Gasteiger partial charge in [-0.1, -0.05) is 6.92 Å². The Morgan fingerprint density at radius 1 is 1.57 bits per heavy atom. The van der Waals surface area contributed by atoms with Crippen LogP contribution in [0.1, 0.15) is 33.1 Å². The zero-order valence-corrected chi connectivity index (χ0v) is 10.3. The average molecular weight is 216 g/mol. The van der Waals surface area contributed by atoms with E-state index >= 15 is 0 Å². The van der Waals surface area contributed by atoms with Crippen molar-refractivity contribution in [2.24, 2.45) is 0 Å². The van der Waals surface area contributed by atoms with Crippen LogP contribution < -0.4 is 10.6 Å². The Morgan fingerprint density at radius 3 is 3.07 bits per heavy atom. The molecule has 1 aliphatic rings. The maximum absolute atomic E-state index is 3.61. The Labute approximate surface area is 92.6 Å². The molecule has 0 amide bonds. The molecule has 1 rings (SSSR count). The van der Waals surface area contributed by atoms with Crippen LogP contribution in [0.4, 0.5) is 0 Å². The predicted molar refractivity (Wildman–Crippen MR) is 66.1 cm³/mol. The van der Waals surface area contributed by atoms with Gasteiger partial charge < -0.3 is 10.6 Å². The van der Waals surface area contributed by atoms with E-state index in [2.05, 4.69) is 24.5 Å². The lowest BCUT2D eigenvalue weighted by Crippen LogP contribution is -2.38. The van der Waals surface area contributed by atoms with E-state index in [1.54, 1.807) is 0 Å². The summed E-state index contributed by atoms with van der Waals surface area (Å²) in [6, 6.07) is 1.41. The van der Waals surface area contributed by atoms with E-state index in [1.807, 2.05) is 11.8 Å². The lowest BCUT2D eigenvalue weighted by Gasteiger charge is -2.17. The minimum absolute atomic E-state index is 0.677. The molecular formula is C11H24N2S. The summed E-state index contributed by atoms with van der Waals surface area (Å²) in [5.41, 5.74) is 0. The fraction of sp³-hybridized carbons (Fsp3) is 1.00. The highest BCUT2D eigenvalue weighted by atomic mass is 32.2. The highest BCUT2D eigenvalue weighted by molar-refractivity contribution is 7.99. The van der Waals surface area contributed by atoms with Crippen molar-refractivity contribution in [1.82, 2.24) is 10.6 Å². The van der Waals surface area contributed by atoms with Crippen molar-refractivity contribution in [3.8, 4) is 0 Å². The molecule has 0 radical (unpaired) electrons. The third kappa shape index (κ3) is 5.23. The molecule has 0 aromatic rings. The minimum atomic E-state index is 0.677. The number of rotatable bonds is 7. The molecule has 0 aromatic heterocycles. The molecule has 3 heteroatoms. The second-order valence-corrected chi connectivity index (χ2v) is 5.48. The summed E-state index contributed by atoms with van der Waals surface area (Å²) in [6.45, 7) is 6.89. The molecule has 0 aliphatic carbocycles. The highest BCUT2D eigenvalue weighted by Crippen LogP contribution is 2.06. The predicted octanol–water partition coefficient (Wildman–Crippen LogP) is 1.86. The maximum atomic E-state index is 3.61. The summed E-state index contributed by atoms with van der Waals surface area (Å²) < 4.78 is 0. The molecule has 0 aromatic carbocycles. The summed E-state index contributed by atoms with van der Waals surface area (Å²) in [5.74, 6) is 2.54. The SMILES string of the molecule is CCSCCC(C)NCC1CCCN1. The lowest BCUT2D eigenvalue weighted by molar-refractivity contribution is 0.473. The number of thioether (sulfide) groups is 1. The highest BCUT2D eigenvalue weighted by Gasteiger charge is 2.13. The zero-order chi connectivity index (χ0) is 10.2. The smallest absolute Gasteiger partial charge is 0.0193 e. The van der Waals surface area contributed by atoms with Gasteiger partial charge in [0.25, 0.3) is 0 Å². The molecular weight excluding hydrogens is 192 g/mol. The van der Waals surface area contributed by atoms with E-state index in [0.717, 1.165) is 12.6 Å². The van der Waals surface area contributed by atoms with Gasteiger partial charge in [-0.05, 0) is 44.2 Å². The van der Waals surface area contributed by atoms with Crippen molar-refractivity contribution < 1.29 is 0 Å².